The number of ether oxygens (including phenoxy) is 1. The Labute approximate surface area is 136 Å². The van der Waals surface area contributed by atoms with Crippen LogP contribution >= 0.6 is 0 Å². The number of esters is 1. The van der Waals surface area contributed by atoms with Crippen LogP contribution in [0.25, 0.3) is 0 Å². The van der Waals surface area contributed by atoms with Gasteiger partial charge in [0.15, 0.2) is 0 Å². The summed E-state index contributed by atoms with van der Waals surface area (Å²) in [5, 5.41) is 8.59. The molecule has 0 spiro atoms. The van der Waals surface area contributed by atoms with Crippen LogP contribution in [0.3, 0.4) is 0 Å². The molecule has 23 heavy (non-hydrogen) atoms. The number of hydrogen-bond acceptors (Lipinski definition) is 3. The van der Waals surface area contributed by atoms with E-state index in [0.29, 0.717) is 6.42 Å². The predicted molar refractivity (Wildman–Crippen MR) is 88.8 cm³/mol. The molecule has 0 heterocycles. The van der Waals surface area contributed by atoms with Crippen molar-refractivity contribution in [2.45, 2.75) is 39.7 Å². The lowest BCUT2D eigenvalue weighted by Gasteiger charge is -2.12. The summed E-state index contributed by atoms with van der Waals surface area (Å²) in [5.74, 6) is -0.371. The summed E-state index contributed by atoms with van der Waals surface area (Å²) in [6.07, 6.45) is 1.18. The van der Waals surface area contributed by atoms with E-state index in [9.17, 15) is 9.18 Å². The first kappa shape index (κ1) is 18.7. The number of halogens is 1. The Morgan fingerprint density at radius 1 is 1.13 bits per heavy atom. The van der Waals surface area contributed by atoms with Gasteiger partial charge < -0.3 is 9.84 Å². The van der Waals surface area contributed by atoms with Crippen molar-refractivity contribution in [2.75, 3.05) is 0 Å². The number of hydrogen-bond donors (Lipinski definition) is 1. The van der Waals surface area contributed by atoms with Crippen molar-refractivity contribution in [1.82, 2.24) is 0 Å². The van der Waals surface area contributed by atoms with E-state index >= 15 is 0 Å². The van der Waals surface area contributed by atoms with Gasteiger partial charge in [0.25, 0.3) is 0 Å². The molecule has 1 N–H and O–H groups in total. The van der Waals surface area contributed by atoms with Gasteiger partial charge in [-0.2, -0.15) is 0 Å². The Morgan fingerprint density at radius 2 is 1.70 bits per heavy atom. The van der Waals surface area contributed by atoms with E-state index in [0.717, 1.165) is 6.42 Å². The molecule has 0 fully saturated rings. The molecule has 0 aliphatic carbocycles. The Hall–Kier alpha value is -2.36. The van der Waals surface area contributed by atoms with Crippen molar-refractivity contribution < 1.29 is 19.0 Å². The highest BCUT2D eigenvalue weighted by molar-refractivity contribution is 5.69. The zero-order valence-electron chi connectivity index (χ0n) is 13.8. The molecular weight excluding hydrogens is 295 g/mol. The van der Waals surface area contributed by atoms with E-state index in [-0.39, 0.29) is 23.6 Å². The van der Waals surface area contributed by atoms with Gasteiger partial charge in [-0.3, -0.25) is 4.79 Å². The van der Waals surface area contributed by atoms with Gasteiger partial charge in [-0.1, -0.05) is 36.8 Å². The predicted octanol–water partition coefficient (Wildman–Crippen LogP) is 4.41. The number of phenols is 1. The molecule has 0 amide bonds. The van der Waals surface area contributed by atoms with Gasteiger partial charge in [-0.25, -0.2) is 4.39 Å². The minimum atomic E-state index is -0.331. The summed E-state index contributed by atoms with van der Waals surface area (Å²) in [5.41, 5.74) is 2.45. The van der Waals surface area contributed by atoms with Crippen molar-refractivity contribution in [3.8, 4) is 5.75 Å². The van der Waals surface area contributed by atoms with Crippen molar-refractivity contribution >= 4 is 5.97 Å². The van der Waals surface area contributed by atoms with Gasteiger partial charge in [0.2, 0.25) is 0 Å². The lowest BCUT2D eigenvalue weighted by molar-refractivity contribution is -0.147. The molecule has 1 atom stereocenters. The molecule has 4 heteroatoms. The zero-order chi connectivity index (χ0) is 17.2. The lowest BCUT2D eigenvalue weighted by Crippen LogP contribution is -2.16. The van der Waals surface area contributed by atoms with Crippen LogP contribution in [0.1, 0.15) is 31.4 Å². The van der Waals surface area contributed by atoms with Crippen molar-refractivity contribution in [3.63, 3.8) is 0 Å². The third kappa shape index (κ3) is 8.00. The minimum absolute atomic E-state index is 0.0415. The second kappa shape index (κ2) is 9.62. The van der Waals surface area contributed by atoms with Gasteiger partial charge in [0, 0.05) is 12.8 Å². The highest BCUT2D eigenvalue weighted by Crippen LogP contribution is 2.08. The molecule has 3 nitrogen and oxygen atoms in total. The van der Waals surface area contributed by atoms with Crippen molar-refractivity contribution in [2.24, 2.45) is 0 Å². The Bertz CT molecular complexity index is 570. The first-order valence-electron chi connectivity index (χ1n) is 7.60. The molecule has 2 rings (SSSR count). The molecule has 0 radical (unpaired) electrons. The Morgan fingerprint density at radius 3 is 2.17 bits per heavy atom. The van der Waals surface area contributed by atoms with Gasteiger partial charge in [0.05, 0.1) is 0 Å². The second-order valence-electron chi connectivity index (χ2n) is 5.32. The molecule has 124 valence electrons. The van der Waals surface area contributed by atoms with Crippen LogP contribution in [0.5, 0.6) is 5.75 Å². The number of benzene rings is 2. The van der Waals surface area contributed by atoms with Crippen LogP contribution < -0.4 is 0 Å². The van der Waals surface area contributed by atoms with E-state index in [1.165, 1.54) is 35.4 Å². The minimum Gasteiger partial charge on any atom is -0.508 e. The van der Waals surface area contributed by atoms with Crippen LogP contribution in [0.4, 0.5) is 4.39 Å². The summed E-state index contributed by atoms with van der Waals surface area (Å²) in [7, 11) is 0. The van der Waals surface area contributed by atoms with Gasteiger partial charge in [-0.05, 0) is 43.7 Å². The monoisotopic (exact) mass is 318 g/mol. The standard InChI is InChI=1S/C13H18O2.C6H5FO/c1-4-13(14)15-11(3)9-12-7-5-10(2)6-8-12;7-5-1-3-6(8)4-2-5/h5-8,11H,4,9H2,1-3H3;1-4,8H. The SMILES string of the molecule is CCC(=O)OC(C)Cc1ccc(C)cc1.Oc1ccc(F)cc1. The van der Waals surface area contributed by atoms with E-state index in [1.807, 2.05) is 6.92 Å². The quantitative estimate of drug-likeness (QED) is 0.849. The third-order valence-corrected chi connectivity index (χ3v) is 3.09. The van der Waals surface area contributed by atoms with E-state index in [2.05, 4.69) is 31.2 Å². The first-order chi connectivity index (χ1) is 10.9. The first-order valence-corrected chi connectivity index (χ1v) is 7.60. The molecule has 0 aliphatic heterocycles. The zero-order valence-corrected chi connectivity index (χ0v) is 13.8. The summed E-state index contributed by atoms with van der Waals surface area (Å²) < 4.78 is 17.2. The highest BCUT2D eigenvalue weighted by atomic mass is 19.1. The number of aryl methyl sites for hydroxylation is 1. The second-order valence-corrected chi connectivity index (χ2v) is 5.32. The van der Waals surface area contributed by atoms with Gasteiger partial charge in [0.1, 0.15) is 17.7 Å². The molecule has 2 aromatic carbocycles. The van der Waals surface area contributed by atoms with Crippen LogP contribution in [0.2, 0.25) is 0 Å². The molecule has 0 saturated heterocycles. The fourth-order valence-electron chi connectivity index (χ4n) is 1.85. The van der Waals surface area contributed by atoms with Crippen LogP contribution in [0, 0.1) is 12.7 Å². The molecule has 2 aromatic rings. The van der Waals surface area contributed by atoms with Gasteiger partial charge in [-0.15, -0.1) is 0 Å². The van der Waals surface area contributed by atoms with E-state index in [1.54, 1.807) is 6.92 Å². The molecular formula is C19H23FO3. The summed E-state index contributed by atoms with van der Waals surface area (Å²) in [4.78, 5) is 11.0. The smallest absolute Gasteiger partial charge is 0.305 e. The fraction of sp³-hybridized carbons (Fsp3) is 0.316. The molecule has 0 bridgehead atoms. The topological polar surface area (TPSA) is 46.5 Å². The van der Waals surface area contributed by atoms with Crippen LogP contribution in [0.15, 0.2) is 48.5 Å². The average molecular weight is 318 g/mol. The number of carbonyl (C=O) groups excluding carboxylic acids is 1. The number of aromatic hydroxyl groups is 1. The summed E-state index contributed by atoms with van der Waals surface area (Å²) in [6.45, 7) is 5.79. The summed E-state index contributed by atoms with van der Waals surface area (Å²) in [6, 6.07) is 13.3. The van der Waals surface area contributed by atoms with E-state index in [4.69, 9.17) is 9.84 Å². The number of rotatable bonds is 4. The van der Waals surface area contributed by atoms with Crippen LogP contribution in [-0.4, -0.2) is 17.2 Å². The van der Waals surface area contributed by atoms with Crippen molar-refractivity contribution in [1.29, 1.82) is 0 Å². The van der Waals surface area contributed by atoms with Crippen LogP contribution in [-0.2, 0) is 16.0 Å². The number of carbonyl (C=O) groups is 1. The average Bonchev–Trinajstić information content (AvgIpc) is 2.53. The van der Waals surface area contributed by atoms with E-state index < -0.39 is 0 Å². The highest BCUT2D eigenvalue weighted by Gasteiger charge is 2.07. The maximum Gasteiger partial charge on any atom is 0.305 e. The maximum absolute atomic E-state index is 12.0. The number of phenolic OH excluding ortho intramolecular Hbond substituents is 1. The lowest BCUT2D eigenvalue weighted by atomic mass is 10.1. The van der Waals surface area contributed by atoms with Crippen molar-refractivity contribution in [3.05, 3.63) is 65.5 Å². The summed E-state index contributed by atoms with van der Waals surface area (Å²) >= 11 is 0. The normalized spacial score (nSPS) is 11.1. The third-order valence-electron chi connectivity index (χ3n) is 3.09. The fourth-order valence-corrected chi connectivity index (χ4v) is 1.85. The van der Waals surface area contributed by atoms with Gasteiger partial charge >= 0.3 is 5.97 Å². The largest absolute Gasteiger partial charge is 0.508 e. The molecule has 1 unspecified atom stereocenters. The molecule has 0 aliphatic rings. The Kier molecular flexibility index (Phi) is 7.81. The Balaban J connectivity index is 0.000000277. The molecule has 0 aromatic heterocycles. The molecule has 0 saturated carbocycles. The maximum atomic E-state index is 12.0.